The number of anilines is 1. The highest BCUT2D eigenvalue weighted by Gasteiger charge is 2.06. The fraction of sp³-hybridized carbons (Fsp3) is 0. The van der Waals surface area contributed by atoms with Crippen LogP contribution in [0.2, 0.25) is 0 Å². The van der Waals surface area contributed by atoms with E-state index in [0.717, 1.165) is 0 Å². The van der Waals surface area contributed by atoms with E-state index < -0.39 is 0 Å². The van der Waals surface area contributed by atoms with Crippen molar-refractivity contribution in [1.29, 1.82) is 0 Å². The number of nitrogens with one attached hydrogen (secondary N) is 1. The standard InChI is InChI=1S/C14H10FN3O2/c15-8-1-4-10(5-2-8)20-14-17-12-6-3-9(16)7-11(12)13(19)18-14/h1-7H,16H2,(H,17,18,19). The monoisotopic (exact) mass is 271 g/mol. The third kappa shape index (κ3) is 2.31. The fourth-order valence-electron chi connectivity index (χ4n) is 1.80. The molecule has 3 aromatic rings. The minimum atomic E-state index is -0.368. The molecule has 3 N–H and O–H groups in total. The SMILES string of the molecule is Nc1ccc2nc(Oc3ccc(F)cc3)[nH]c(=O)c2c1. The van der Waals surface area contributed by atoms with Gasteiger partial charge in [0.25, 0.3) is 5.56 Å². The summed E-state index contributed by atoms with van der Waals surface area (Å²) in [5, 5.41) is 0.386. The molecule has 1 heterocycles. The quantitative estimate of drug-likeness (QED) is 0.701. The molecule has 0 fully saturated rings. The first kappa shape index (κ1) is 12.2. The highest BCUT2D eigenvalue weighted by atomic mass is 19.1. The smallest absolute Gasteiger partial charge is 0.302 e. The predicted molar refractivity (Wildman–Crippen MR) is 73.3 cm³/mol. The lowest BCUT2D eigenvalue weighted by Crippen LogP contribution is -2.09. The average molecular weight is 271 g/mol. The summed E-state index contributed by atoms with van der Waals surface area (Å²) in [5.41, 5.74) is 6.23. The molecule has 1 aromatic heterocycles. The Morgan fingerprint density at radius 2 is 1.90 bits per heavy atom. The largest absolute Gasteiger partial charge is 0.426 e. The minimum Gasteiger partial charge on any atom is -0.426 e. The second-order valence-electron chi connectivity index (χ2n) is 4.20. The number of ether oxygens (including phenoxy) is 1. The molecule has 5 nitrogen and oxygen atoms in total. The highest BCUT2D eigenvalue weighted by Crippen LogP contribution is 2.19. The Morgan fingerprint density at radius 3 is 2.65 bits per heavy atom. The number of fused-ring (bicyclic) bond motifs is 1. The average Bonchev–Trinajstić information content (AvgIpc) is 2.42. The summed E-state index contributed by atoms with van der Waals surface area (Å²) < 4.78 is 18.2. The third-order valence-corrected chi connectivity index (χ3v) is 2.74. The van der Waals surface area contributed by atoms with Crippen molar-refractivity contribution in [2.75, 3.05) is 5.73 Å². The molecule has 0 atom stereocenters. The van der Waals surface area contributed by atoms with Crippen LogP contribution in [-0.4, -0.2) is 9.97 Å². The molecular weight excluding hydrogens is 261 g/mol. The molecule has 0 aliphatic rings. The number of halogens is 1. The van der Waals surface area contributed by atoms with Crippen LogP contribution in [-0.2, 0) is 0 Å². The van der Waals surface area contributed by atoms with Gasteiger partial charge >= 0.3 is 6.01 Å². The maximum absolute atomic E-state index is 12.8. The zero-order valence-corrected chi connectivity index (χ0v) is 10.3. The van der Waals surface area contributed by atoms with Crippen LogP contribution < -0.4 is 16.0 Å². The zero-order chi connectivity index (χ0) is 14.1. The van der Waals surface area contributed by atoms with E-state index in [9.17, 15) is 9.18 Å². The van der Waals surface area contributed by atoms with Gasteiger partial charge in [-0.1, -0.05) is 0 Å². The van der Waals surface area contributed by atoms with E-state index in [1.54, 1.807) is 18.2 Å². The van der Waals surface area contributed by atoms with Gasteiger partial charge in [-0.2, -0.15) is 4.98 Å². The number of H-pyrrole nitrogens is 1. The fourth-order valence-corrected chi connectivity index (χ4v) is 1.80. The molecule has 20 heavy (non-hydrogen) atoms. The van der Waals surface area contributed by atoms with Gasteiger partial charge < -0.3 is 10.5 Å². The van der Waals surface area contributed by atoms with Gasteiger partial charge in [0.15, 0.2) is 0 Å². The molecule has 0 amide bonds. The van der Waals surface area contributed by atoms with Gasteiger partial charge in [0.1, 0.15) is 11.6 Å². The summed E-state index contributed by atoms with van der Waals surface area (Å²) >= 11 is 0. The van der Waals surface area contributed by atoms with E-state index >= 15 is 0 Å². The van der Waals surface area contributed by atoms with Gasteiger partial charge in [-0.05, 0) is 42.5 Å². The summed E-state index contributed by atoms with van der Waals surface area (Å²) in [6.45, 7) is 0. The van der Waals surface area contributed by atoms with Crippen LogP contribution >= 0.6 is 0 Å². The molecule has 2 aromatic carbocycles. The highest BCUT2D eigenvalue weighted by molar-refractivity contribution is 5.81. The van der Waals surface area contributed by atoms with Crippen LogP contribution in [0.3, 0.4) is 0 Å². The molecule has 0 aliphatic heterocycles. The lowest BCUT2D eigenvalue weighted by atomic mass is 10.2. The van der Waals surface area contributed by atoms with Crippen molar-refractivity contribution >= 4 is 16.6 Å². The summed E-state index contributed by atoms with van der Waals surface area (Å²) in [5.74, 6) is 0.0112. The van der Waals surface area contributed by atoms with Gasteiger partial charge in [-0.3, -0.25) is 9.78 Å². The number of nitrogens with two attached hydrogens (primary N) is 1. The van der Waals surface area contributed by atoms with Crippen molar-refractivity contribution in [2.24, 2.45) is 0 Å². The van der Waals surface area contributed by atoms with E-state index in [1.165, 1.54) is 24.3 Å². The van der Waals surface area contributed by atoms with Crippen LogP contribution in [0.1, 0.15) is 0 Å². The Bertz CT molecular complexity index is 828. The lowest BCUT2D eigenvalue weighted by molar-refractivity contribution is 0.441. The van der Waals surface area contributed by atoms with Crippen molar-refractivity contribution in [3.05, 3.63) is 58.6 Å². The maximum Gasteiger partial charge on any atom is 0.302 e. The van der Waals surface area contributed by atoms with Gasteiger partial charge in [0.05, 0.1) is 10.9 Å². The predicted octanol–water partition coefficient (Wildman–Crippen LogP) is 2.44. The van der Waals surface area contributed by atoms with Gasteiger partial charge in [0.2, 0.25) is 0 Å². The van der Waals surface area contributed by atoms with Crippen LogP contribution in [0, 0.1) is 5.82 Å². The summed E-state index contributed by atoms with van der Waals surface area (Å²) in [4.78, 5) is 18.6. The molecule has 6 heteroatoms. The van der Waals surface area contributed by atoms with Gasteiger partial charge in [-0.15, -0.1) is 0 Å². The first-order valence-corrected chi connectivity index (χ1v) is 5.85. The first-order valence-electron chi connectivity index (χ1n) is 5.85. The van der Waals surface area contributed by atoms with Crippen molar-refractivity contribution in [1.82, 2.24) is 9.97 Å². The van der Waals surface area contributed by atoms with E-state index in [0.29, 0.717) is 22.3 Å². The number of nitrogen functional groups attached to an aromatic ring is 1. The van der Waals surface area contributed by atoms with Crippen molar-refractivity contribution in [2.45, 2.75) is 0 Å². The second kappa shape index (κ2) is 4.65. The third-order valence-electron chi connectivity index (χ3n) is 2.74. The maximum atomic E-state index is 12.8. The van der Waals surface area contributed by atoms with Crippen LogP contribution in [0.15, 0.2) is 47.3 Å². The van der Waals surface area contributed by atoms with Crippen LogP contribution in [0.4, 0.5) is 10.1 Å². The summed E-state index contributed by atoms with van der Waals surface area (Å²) in [6.07, 6.45) is 0. The van der Waals surface area contributed by atoms with E-state index in [2.05, 4.69) is 9.97 Å². The van der Waals surface area contributed by atoms with Gasteiger partial charge in [0, 0.05) is 5.69 Å². The van der Waals surface area contributed by atoms with E-state index in [-0.39, 0.29) is 17.4 Å². The normalized spacial score (nSPS) is 10.7. The molecule has 0 radical (unpaired) electrons. The number of benzene rings is 2. The molecule has 0 spiro atoms. The van der Waals surface area contributed by atoms with Crippen molar-refractivity contribution in [3.63, 3.8) is 0 Å². The zero-order valence-electron chi connectivity index (χ0n) is 10.3. The Balaban J connectivity index is 2.02. The summed E-state index contributed by atoms with van der Waals surface area (Å²) in [7, 11) is 0. The van der Waals surface area contributed by atoms with E-state index in [4.69, 9.17) is 10.5 Å². The Kier molecular flexibility index (Phi) is 2.83. The Hall–Kier alpha value is -2.89. The molecule has 0 saturated heterocycles. The van der Waals surface area contributed by atoms with Crippen molar-refractivity contribution < 1.29 is 9.13 Å². The lowest BCUT2D eigenvalue weighted by Gasteiger charge is -2.05. The van der Waals surface area contributed by atoms with Gasteiger partial charge in [-0.25, -0.2) is 4.39 Å². The van der Waals surface area contributed by atoms with Crippen LogP contribution in [0.5, 0.6) is 11.8 Å². The van der Waals surface area contributed by atoms with Crippen LogP contribution in [0.25, 0.3) is 10.9 Å². The van der Waals surface area contributed by atoms with Crippen molar-refractivity contribution in [3.8, 4) is 11.8 Å². The topological polar surface area (TPSA) is 81.0 Å². The molecule has 0 saturated carbocycles. The molecular formula is C14H10FN3O2. The first-order chi connectivity index (χ1) is 9.61. The molecule has 0 bridgehead atoms. The molecule has 3 rings (SSSR count). The minimum absolute atomic E-state index is 0.0406. The summed E-state index contributed by atoms with van der Waals surface area (Å²) in [6, 6.07) is 10.3. The number of aromatic amines is 1. The second-order valence-corrected chi connectivity index (χ2v) is 4.20. The van der Waals surface area contributed by atoms with E-state index in [1.807, 2.05) is 0 Å². The number of rotatable bonds is 2. The Labute approximate surface area is 112 Å². The Morgan fingerprint density at radius 1 is 1.15 bits per heavy atom. The molecule has 100 valence electrons. The number of nitrogens with zero attached hydrogens (tertiary/aromatic N) is 1. The number of hydrogen-bond donors (Lipinski definition) is 2. The number of hydrogen-bond acceptors (Lipinski definition) is 4. The molecule has 0 unspecified atom stereocenters. The molecule has 0 aliphatic carbocycles. The number of aromatic nitrogens is 2.